The van der Waals surface area contributed by atoms with Crippen molar-refractivity contribution in [2.75, 3.05) is 14.2 Å². The second-order valence-electron chi connectivity index (χ2n) is 8.77. The molecule has 0 bridgehead atoms. The molecule has 0 N–H and O–H groups in total. The van der Waals surface area contributed by atoms with E-state index in [1.165, 1.54) is 5.57 Å². The van der Waals surface area contributed by atoms with Gasteiger partial charge in [0.15, 0.2) is 0 Å². The van der Waals surface area contributed by atoms with E-state index < -0.39 is 0 Å². The molecule has 3 aromatic rings. The second kappa shape index (κ2) is 9.96. The largest absolute Gasteiger partial charge is 0.497 e. The number of allylic oxidation sites excluding steroid dienone is 1. The standard InChI is InChI=1S/C29H27ClN2O3/c1-34-22-14-10-19(11-15-22)18-21-6-5-8-25-27(21)31-32(29(33)24-7-3-4-9-26(24)30)28(25)20-12-16-23(35-2)17-13-20/h3-4,7,9-18,25,28H,5-6,8H2,1-2H3/b21-18+/t25-,28+/m0/s1. The van der Waals surface area contributed by atoms with E-state index >= 15 is 0 Å². The van der Waals surface area contributed by atoms with Gasteiger partial charge in [0.1, 0.15) is 11.5 Å². The first-order valence-corrected chi connectivity index (χ1v) is 12.1. The first-order chi connectivity index (χ1) is 17.1. The first kappa shape index (κ1) is 23.2. The van der Waals surface area contributed by atoms with E-state index in [2.05, 4.69) is 6.08 Å². The zero-order chi connectivity index (χ0) is 24.4. The van der Waals surface area contributed by atoms with Gasteiger partial charge in [0.25, 0.3) is 5.91 Å². The van der Waals surface area contributed by atoms with E-state index in [-0.39, 0.29) is 17.9 Å². The number of benzene rings is 3. The number of hydrogen-bond donors (Lipinski definition) is 0. The molecular weight excluding hydrogens is 460 g/mol. The maximum atomic E-state index is 13.7. The van der Waals surface area contributed by atoms with Crippen molar-refractivity contribution in [2.45, 2.75) is 25.3 Å². The van der Waals surface area contributed by atoms with Crippen LogP contribution in [0, 0.1) is 5.92 Å². The normalized spacial score (nSPS) is 20.4. The van der Waals surface area contributed by atoms with Gasteiger partial charge in [-0.2, -0.15) is 5.10 Å². The van der Waals surface area contributed by atoms with Gasteiger partial charge in [-0.25, -0.2) is 5.01 Å². The SMILES string of the molecule is COc1ccc(/C=C2\CCC[C@H]3C2=NN(C(=O)c2ccccc2Cl)[C@@H]3c2ccc(OC)cc2)cc1. The summed E-state index contributed by atoms with van der Waals surface area (Å²) in [6.45, 7) is 0. The van der Waals surface area contributed by atoms with Gasteiger partial charge in [-0.3, -0.25) is 4.79 Å². The van der Waals surface area contributed by atoms with Gasteiger partial charge >= 0.3 is 0 Å². The Bertz CT molecular complexity index is 1280. The predicted octanol–water partition coefficient (Wildman–Crippen LogP) is 6.79. The minimum Gasteiger partial charge on any atom is -0.497 e. The molecule has 1 aliphatic carbocycles. The van der Waals surface area contributed by atoms with Crippen molar-refractivity contribution >= 4 is 29.3 Å². The zero-order valence-electron chi connectivity index (χ0n) is 19.8. The third-order valence-corrected chi connectivity index (χ3v) is 7.06. The average Bonchev–Trinajstić information content (AvgIpc) is 3.30. The summed E-state index contributed by atoms with van der Waals surface area (Å²) in [6.07, 6.45) is 5.10. The number of nitrogens with zero attached hydrogens (tertiary/aromatic N) is 2. The molecule has 2 aliphatic rings. The Morgan fingerprint density at radius 2 is 1.63 bits per heavy atom. The summed E-state index contributed by atoms with van der Waals surface area (Å²) < 4.78 is 10.6. The molecule has 6 heteroatoms. The van der Waals surface area contributed by atoms with Gasteiger partial charge in [-0.05, 0) is 78.4 Å². The summed E-state index contributed by atoms with van der Waals surface area (Å²) in [6, 6.07) is 22.8. The zero-order valence-corrected chi connectivity index (χ0v) is 20.5. The Morgan fingerprint density at radius 3 is 2.29 bits per heavy atom. The molecule has 1 fully saturated rings. The van der Waals surface area contributed by atoms with E-state index in [0.717, 1.165) is 47.6 Å². The summed E-state index contributed by atoms with van der Waals surface area (Å²) in [7, 11) is 3.31. The van der Waals surface area contributed by atoms with Crippen LogP contribution in [0.3, 0.4) is 0 Å². The summed E-state index contributed by atoms with van der Waals surface area (Å²) in [5.41, 5.74) is 4.71. The number of carbonyl (C=O) groups is 1. The van der Waals surface area contributed by atoms with Gasteiger partial charge in [-0.15, -0.1) is 0 Å². The summed E-state index contributed by atoms with van der Waals surface area (Å²) in [4.78, 5) is 13.7. The molecule has 35 heavy (non-hydrogen) atoms. The lowest BCUT2D eigenvalue weighted by molar-refractivity contribution is 0.0681. The van der Waals surface area contributed by atoms with Crippen LogP contribution in [0.15, 0.2) is 83.5 Å². The van der Waals surface area contributed by atoms with Gasteiger partial charge in [0.2, 0.25) is 0 Å². The van der Waals surface area contributed by atoms with E-state index in [0.29, 0.717) is 10.6 Å². The molecule has 1 aliphatic heterocycles. The maximum absolute atomic E-state index is 13.7. The summed E-state index contributed by atoms with van der Waals surface area (Å²) >= 11 is 6.41. The minimum atomic E-state index is -0.209. The van der Waals surface area contributed by atoms with Crippen molar-refractivity contribution in [3.63, 3.8) is 0 Å². The molecule has 5 rings (SSSR count). The fraction of sp³-hybridized carbons (Fsp3) is 0.241. The minimum absolute atomic E-state index is 0.105. The van der Waals surface area contributed by atoms with Crippen LogP contribution < -0.4 is 9.47 Å². The number of methoxy groups -OCH3 is 2. The van der Waals surface area contributed by atoms with Crippen molar-refractivity contribution in [3.8, 4) is 11.5 Å². The molecule has 2 atom stereocenters. The number of carbonyl (C=O) groups excluding carboxylic acids is 1. The fourth-order valence-electron chi connectivity index (χ4n) is 4.96. The number of amides is 1. The lowest BCUT2D eigenvalue weighted by Crippen LogP contribution is -2.32. The number of rotatable bonds is 5. The van der Waals surface area contributed by atoms with Crippen LogP contribution >= 0.6 is 11.6 Å². The first-order valence-electron chi connectivity index (χ1n) is 11.7. The molecule has 1 heterocycles. The Morgan fingerprint density at radius 1 is 0.971 bits per heavy atom. The van der Waals surface area contributed by atoms with Crippen LogP contribution in [-0.2, 0) is 0 Å². The van der Waals surface area contributed by atoms with Gasteiger partial charge in [-0.1, -0.05) is 48.0 Å². The van der Waals surface area contributed by atoms with Gasteiger partial charge in [0, 0.05) is 5.92 Å². The summed E-state index contributed by atoms with van der Waals surface area (Å²) in [5, 5.41) is 7.02. The topological polar surface area (TPSA) is 51.1 Å². The van der Waals surface area contributed by atoms with Crippen LogP contribution in [0.5, 0.6) is 11.5 Å². The highest BCUT2D eigenvalue weighted by atomic mass is 35.5. The molecule has 0 aromatic heterocycles. The molecule has 0 radical (unpaired) electrons. The van der Waals surface area contributed by atoms with Crippen LogP contribution in [0.1, 0.15) is 46.8 Å². The highest BCUT2D eigenvalue weighted by Gasteiger charge is 2.44. The molecule has 178 valence electrons. The molecule has 0 unspecified atom stereocenters. The lowest BCUT2D eigenvalue weighted by Gasteiger charge is -2.30. The molecule has 3 aromatic carbocycles. The van der Waals surface area contributed by atoms with E-state index in [1.54, 1.807) is 31.4 Å². The Kier molecular flexibility index (Phi) is 6.60. The molecule has 1 amide bonds. The monoisotopic (exact) mass is 486 g/mol. The van der Waals surface area contributed by atoms with E-state index in [9.17, 15) is 4.79 Å². The third-order valence-electron chi connectivity index (χ3n) is 6.73. The van der Waals surface area contributed by atoms with Crippen LogP contribution in [0.4, 0.5) is 0 Å². The molecule has 0 saturated heterocycles. The van der Waals surface area contributed by atoms with E-state index in [1.807, 2.05) is 60.7 Å². The molecule has 5 nitrogen and oxygen atoms in total. The van der Waals surface area contributed by atoms with Crippen molar-refractivity contribution < 1.29 is 14.3 Å². The Balaban J connectivity index is 1.56. The maximum Gasteiger partial charge on any atom is 0.276 e. The van der Waals surface area contributed by atoms with Crippen LogP contribution in [0.2, 0.25) is 5.02 Å². The Hall–Kier alpha value is -3.57. The predicted molar refractivity (Wildman–Crippen MR) is 139 cm³/mol. The van der Waals surface area contributed by atoms with E-state index in [4.69, 9.17) is 26.2 Å². The number of halogens is 1. The quantitative estimate of drug-likeness (QED) is 0.398. The van der Waals surface area contributed by atoms with Crippen molar-refractivity contribution in [1.29, 1.82) is 0 Å². The van der Waals surface area contributed by atoms with Crippen LogP contribution in [-0.4, -0.2) is 30.8 Å². The number of fused-ring (bicyclic) bond motifs is 1. The highest BCUT2D eigenvalue weighted by molar-refractivity contribution is 6.33. The van der Waals surface area contributed by atoms with Gasteiger partial charge < -0.3 is 9.47 Å². The number of hydrazone groups is 1. The van der Waals surface area contributed by atoms with Gasteiger partial charge in [0.05, 0.1) is 36.6 Å². The fourth-order valence-corrected chi connectivity index (χ4v) is 5.18. The van der Waals surface area contributed by atoms with Crippen molar-refractivity contribution in [3.05, 3.63) is 100 Å². The van der Waals surface area contributed by atoms with Crippen molar-refractivity contribution in [1.82, 2.24) is 5.01 Å². The van der Waals surface area contributed by atoms with Crippen molar-refractivity contribution in [2.24, 2.45) is 11.0 Å². The average molecular weight is 487 g/mol. The highest BCUT2D eigenvalue weighted by Crippen LogP contribution is 2.45. The van der Waals surface area contributed by atoms with Crippen LogP contribution in [0.25, 0.3) is 6.08 Å². The second-order valence-corrected chi connectivity index (χ2v) is 9.18. The number of ether oxygens (including phenoxy) is 2. The Labute approximate surface area is 210 Å². The third kappa shape index (κ3) is 4.56. The molecule has 0 spiro atoms. The number of hydrogen-bond acceptors (Lipinski definition) is 4. The molecular formula is C29H27ClN2O3. The summed E-state index contributed by atoms with van der Waals surface area (Å²) in [5.74, 6) is 1.51. The smallest absolute Gasteiger partial charge is 0.276 e. The lowest BCUT2D eigenvalue weighted by atomic mass is 9.77. The molecule has 1 saturated carbocycles.